The number of nitrogens with zero attached hydrogens (tertiary/aromatic N) is 3. The van der Waals surface area contributed by atoms with Crippen molar-refractivity contribution >= 4 is 5.91 Å². The molecule has 0 atom stereocenters. The van der Waals surface area contributed by atoms with Gasteiger partial charge in [-0.05, 0) is 39.2 Å². The molecule has 2 heterocycles. The lowest BCUT2D eigenvalue weighted by molar-refractivity contribution is -0.138. The summed E-state index contributed by atoms with van der Waals surface area (Å²) >= 11 is 0. The van der Waals surface area contributed by atoms with E-state index >= 15 is 0 Å². The predicted octanol–water partition coefficient (Wildman–Crippen LogP) is 1.55. The summed E-state index contributed by atoms with van der Waals surface area (Å²) in [5, 5.41) is 4.25. The molecule has 0 bridgehead atoms. The zero-order chi connectivity index (χ0) is 11.8. The Morgan fingerprint density at radius 3 is 2.50 bits per heavy atom. The molecule has 1 fully saturated rings. The minimum Gasteiger partial charge on any atom is -0.341 e. The summed E-state index contributed by atoms with van der Waals surface area (Å²) in [4.78, 5) is 14.3. The summed E-state index contributed by atoms with van der Waals surface area (Å²) in [6, 6.07) is 0. The Morgan fingerprint density at radius 2 is 2.00 bits per heavy atom. The molecule has 4 nitrogen and oxygen atoms in total. The first-order valence-electron chi connectivity index (χ1n) is 5.83. The van der Waals surface area contributed by atoms with Gasteiger partial charge in [-0.1, -0.05) is 0 Å². The number of likely N-dealkylation sites (tertiary alicyclic amines) is 1. The SMILES string of the molecule is Cc1cnn(C(C)(C)C(=O)N2CCCC2)c1. The third-order valence-electron chi connectivity index (χ3n) is 3.20. The minimum absolute atomic E-state index is 0.174. The van der Waals surface area contributed by atoms with Crippen molar-refractivity contribution in [1.29, 1.82) is 0 Å². The van der Waals surface area contributed by atoms with E-state index < -0.39 is 5.54 Å². The standard InChI is InChI=1S/C12H19N3O/c1-10-8-13-15(9-10)12(2,3)11(16)14-6-4-5-7-14/h8-9H,4-7H2,1-3H3. The van der Waals surface area contributed by atoms with Crippen LogP contribution in [0.2, 0.25) is 0 Å². The fourth-order valence-corrected chi connectivity index (χ4v) is 2.12. The average molecular weight is 221 g/mol. The second-order valence-corrected chi connectivity index (χ2v) is 5.02. The van der Waals surface area contributed by atoms with Crippen LogP contribution in [0.4, 0.5) is 0 Å². The van der Waals surface area contributed by atoms with E-state index in [-0.39, 0.29) is 5.91 Å². The van der Waals surface area contributed by atoms with Crippen molar-refractivity contribution in [2.45, 2.75) is 39.2 Å². The van der Waals surface area contributed by atoms with Crippen molar-refractivity contribution in [3.05, 3.63) is 18.0 Å². The first-order chi connectivity index (χ1) is 7.51. The molecule has 0 aliphatic carbocycles. The monoisotopic (exact) mass is 221 g/mol. The van der Waals surface area contributed by atoms with E-state index in [0.29, 0.717) is 0 Å². The van der Waals surface area contributed by atoms with Gasteiger partial charge in [0.15, 0.2) is 0 Å². The number of carbonyl (C=O) groups excluding carboxylic acids is 1. The van der Waals surface area contributed by atoms with E-state index in [9.17, 15) is 4.79 Å². The molecule has 0 spiro atoms. The van der Waals surface area contributed by atoms with Crippen LogP contribution < -0.4 is 0 Å². The van der Waals surface area contributed by atoms with E-state index in [4.69, 9.17) is 0 Å². The highest BCUT2D eigenvalue weighted by Gasteiger charge is 2.35. The number of rotatable bonds is 2. The first-order valence-corrected chi connectivity index (χ1v) is 5.83. The Labute approximate surface area is 96.2 Å². The number of aromatic nitrogens is 2. The molecule has 1 aromatic heterocycles. The smallest absolute Gasteiger partial charge is 0.249 e. The number of hydrogen-bond donors (Lipinski definition) is 0. The molecule has 4 heteroatoms. The van der Waals surface area contributed by atoms with E-state index in [1.54, 1.807) is 10.9 Å². The predicted molar refractivity (Wildman–Crippen MR) is 62.1 cm³/mol. The Morgan fingerprint density at radius 1 is 1.38 bits per heavy atom. The van der Waals surface area contributed by atoms with Gasteiger partial charge in [-0.2, -0.15) is 5.10 Å². The second kappa shape index (κ2) is 3.92. The normalized spacial score (nSPS) is 16.8. The molecule has 1 aliphatic heterocycles. The molecule has 1 saturated heterocycles. The minimum atomic E-state index is -0.571. The number of amides is 1. The summed E-state index contributed by atoms with van der Waals surface area (Å²) in [7, 11) is 0. The second-order valence-electron chi connectivity index (χ2n) is 5.02. The van der Waals surface area contributed by atoms with Crippen LogP contribution in [0.3, 0.4) is 0 Å². The molecular weight excluding hydrogens is 202 g/mol. The Hall–Kier alpha value is -1.32. The summed E-state index contributed by atoms with van der Waals surface area (Å²) in [6.07, 6.45) is 5.97. The molecular formula is C12H19N3O. The number of hydrogen-bond acceptors (Lipinski definition) is 2. The average Bonchev–Trinajstić information content (AvgIpc) is 2.86. The molecule has 16 heavy (non-hydrogen) atoms. The van der Waals surface area contributed by atoms with Gasteiger partial charge in [0.1, 0.15) is 5.54 Å². The third-order valence-corrected chi connectivity index (χ3v) is 3.20. The van der Waals surface area contributed by atoms with Gasteiger partial charge >= 0.3 is 0 Å². The van der Waals surface area contributed by atoms with Gasteiger partial charge in [0, 0.05) is 19.3 Å². The maximum atomic E-state index is 12.3. The lowest BCUT2D eigenvalue weighted by Gasteiger charge is -2.29. The largest absolute Gasteiger partial charge is 0.341 e. The van der Waals surface area contributed by atoms with Crippen molar-refractivity contribution in [1.82, 2.24) is 14.7 Å². The molecule has 1 aromatic rings. The van der Waals surface area contributed by atoms with Gasteiger partial charge in [-0.15, -0.1) is 0 Å². The lowest BCUT2D eigenvalue weighted by Crippen LogP contribution is -2.46. The van der Waals surface area contributed by atoms with Gasteiger partial charge in [0.25, 0.3) is 0 Å². The van der Waals surface area contributed by atoms with Gasteiger partial charge in [0.05, 0.1) is 6.20 Å². The Balaban J connectivity index is 2.20. The topological polar surface area (TPSA) is 38.1 Å². The molecule has 0 saturated carbocycles. The molecule has 88 valence electrons. The van der Waals surface area contributed by atoms with E-state index in [1.165, 1.54) is 0 Å². The van der Waals surface area contributed by atoms with Crippen LogP contribution in [0.25, 0.3) is 0 Å². The van der Waals surface area contributed by atoms with Crippen LogP contribution >= 0.6 is 0 Å². The van der Waals surface area contributed by atoms with Crippen molar-refractivity contribution in [2.24, 2.45) is 0 Å². The van der Waals surface area contributed by atoms with Crippen LogP contribution in [0.5, 0.6) is 0 Å². The maximum absolute atomic E-state index is 12.3. The van der Waals surface area contributed by atoms with Crippen LogP contribution in [-0.2, 0) is 10.3 Å². The van der Waals surface area contributed by atoms with Crippen molar-refractivity contribution in [3.8, 4) is 0 Å². The first kappa shape index (κ1) is 11.2. The van der Waals surface area contributed by atoms with Gasteiger partial charge < -0.3 is 4.90 Å². The maximum Gasteiger partial charge on any atom is 0.249 e. The van der Waals surface area contributed by atoms with Crippen molar-refractivity contribution in [2.75, 3.05) is 13.1 Å². The lowest BCUT2D eigenvalue weighted by atomic mass is 10.0. The molecule has 0 radical (unpaired) electrons. The quantitative estimate of drug-likeness (QED) is 0.760. The van der Waals surface area contributed by atoms with Gasteiger partial charge in [0.2, 0.25) is 5.91 Å². The molecule has 0 aromatic carbocycles. The highest BCUT2D eigenvalue weighted by atomic mass is 16.2. The third kappa shape index (κ3) is 1.84. The highest BCUT2D eigenvalue weighted by molar-refractivity contribution is 5.83. The Bertz CT molecular complexity index is 389. The van der Waals surface area contributed by atoms with Crippen molar-refractivity contribution < 1.29 is 4.79 Å². The van der Waals surface area contributed by atoms with Gasteiger partial charge in [-0.3, -0.25) is 9.48 Å². The molecule has 2 rings (SSSR count). The zero-order valence-corrected chi connectivity index (χ0v) is 10.2. The number of aryl methyl sites for hydroxylation is 1. The molecule has 1 amide bonds. The van der Waals surface area contributed by atoms with E-state index in [0.717, 1.165) is 31.5 Å². The summed E-state index contributed by atoms with van der Waals surface area (Å²) in [5.41, 5.74) is 0.515. The van der Waals surface area contributed by atoms with Crippen molar-refractivity contribution in [3.63, 3.8) is 0 Å². The Kier molecular flexibility index (Phi) is 2.74. The van der Waals surface area contributed by atoms with Gasteiger partial charge in [-0.25, -0.2) is 0 Å². The zero-order valence-electron chi connectivity index (χ0n) is 10.2. The summed E-state index contributed by atoms with van der Waals surface area (Å²) < 4.78 is 1.77. The van der Waals surface area contributed by atoms with Crippen LogP contribution in [0.1, 0.15) is 32.3 Å². The fourth-order valence-electron chi connectivity index (χ4n) is 2.12. The molecule has 1 aliphatic rings. The van der Waals surface area contributed by atoms with Crippen LogP contribution in [0.15, 0.2) is 12.4 Å². The summed E-state index contributed by atoms with van der Waals surface area (Å²) in [5.74, 6) is 0.174. The van der Waals surface area contributed by atoms with E-state index in [1.807, 2.05) is 31.9 Å². The highest BCUT2D eigenvalue weighted by Crippen LogP contribution is 2.21. The van der Waals surface area contributed by atoms with E-state index in [2.05, 4.69) is 5.10 Å². The summed E-state index contributed by atoms with van der Waals surface area (Å²) in [6.45, 7) is 7.63. The molecule has 0 unspecified atom stereocenters. The fraction of sp³-hybridized carbons (Fsp3) is 0.667. The number of carbonyl (C=O) groups is 1. The van der Waals surface area contributed by atoms with Crippen LogP contribution in [-0.4, -0.2) is 33.7 Å². The molecule has 0 N–H and O–H groups in total. The van der Waals surface area contributed by atoms with Crippen LogP contribution in [0, 0.1) is 6.92 Å².